The van der Waals surface area contributed by atoms with Crippen LogP contribution >= 0.6 is 0 Å². The Balaban J connectivity index is 1.18. The molecule has 254 valence electrons. The van der Waals surface area contributed by atoms with Gasteiger partial charge < -0.3 is 13.7 Å². The van der Waals surface area contributed by atoms with Crippen molar-refractivity contribution in [1.29, 1.82) is 10.5 Å². The van der Waals surface area contributed by atoms with Gasteiger partial charge in [-0.05, 0) is 66.7 Å². The Morgan fingerprint density at radius 2 is 0.818 bits per heavy atom. The Kier molecular flexibility index (Phi) is 6.61. The van der Waals surface area contributed by atoms with Gasteiger partial charge in [-0.2, -0.15) is 10.5 Å². The van der Waals surface area contributed by atoms with E-state index in [2.05, 4.69) is 153 Å². The summed E-state index contributed by atoms with van der Waals surface area (Å²) in [5, 5.41) is 27.6. The molecule has 0 aliphatic carbocycles. The molecule has 8 aromatic carbocycles. The topological polar surface area (TPSA) is 62.4 Å². The van der Waals surface area contributed by atoms with Crippen molar-refractivity contribution in [2.24, 2.45) is 0 Å². The van der Waals surface area contributed by atoms with Crippen molar-refractivity contribution in [1.82, 2.24) is 13.7 Å². The summed E-state index contributed by atoms with van der Waals surface area (Å²) in [5.41, 5.74) is 12.3. The maximum atomic E-state index is 11.0. The van der Waals surface area contributed by atoms with Crippen LogP contribution in [-0.2, 0) is 0 Å². The summed E-state index contributed by atoms with van der Waals surface area (Å²) in [7, 11) is 0. The van der Waals surface area contributed by atoms with Crippen LogP contribution in [-0.4, -0.2) is 13.7 Å². The molecule has 11 aromatic rings. The number of fused-ring (bicyclic) bond motifs is 9. The maximum absolute atomic E-state index is 11.0. The van der Waals surface area contributed by atoms with Gasteiger partial charge >= 0.3 is 0 Å². The first-order chi connectivity index (χ1) is 27.2. The van der Waals surface area contributed by atoms with Gasteiger partial charge in [0.1, 0.15) is 6.07 Å². The van der Waals surface area contributed by atoms with Crippen molar-refractivity contribution in [2.45, 2.75) is 0 Å². The number of rotatable bonds is 4. The fraction of sp³-hybridized carbons (Fsp3) is 0. The number of benzene rings is 8. The minimum Gasteiger partial charge on any atom is -0.309 e. The Labute approximate surface area is 316 Å². The standard InChI is InChI=1S/C50H29N5/c51-30-32-24-27-49-41(28-32)39-16-5-10-22-47(39)54(49)48-23-11-17-34(42(48)31-52)35-12-1-8-20-45(35)55-46-21-9-4-15-38(46)40-26-25-33(29-50(40)55)53-43-18-6-2-13-36(43)37-14-3-7-19-44(37)53/h1-29H. The van der Waals surface area contributed by atoms with Gasteiger partial charge in [-0.1, -0.05) is 109 Å². The van der Waals surface area contributed by atoms with Crippen LogP contribution in [0.1, 0.15) is 11.1 Å². The molecular weight excluding hydrogens is 671 g/mol. The van der Waals surface area contributed by atoms with Crippen LogP contribution in [0.5, 0.6) is 0 Å². The molecule has 55 heavy (non-hydrogen) atoms. The van der Waals surface area contributed by atoms with Gasteiger partial charge in [0.25, 0.3) is 0 Å². The van der Waals surface area contributed by atoms with Crippen molar-refractivity contribution < 1.29 is 0 Å². The first kappa shape index (κ1) is 30.7. The van der Waals surface area contributed by atoms with E-state index < -0.39 is 0 Å². The predicted octanol–water partition coefficient (Wildman–Crippen LogP) is 12.4. The predicted molar refractivity (Wildman–Crippen MR) is 224 cm³/mol. The molecule has 0 N–H and O–H groups in total. The smallest absolute Gasteiger partial charge is 0.102 e. The molecule has 0 spiro atoms. The number of para-hydroxylation sites is 5. The van der Waals surface area contributed by atoms with Crippen LogP contribution in [0.3, 0.4) is 0 Å². The molecule has 0 amide bonds. The zero-order chi connectivity index (χ0) is 36.6. The highest BCUT2D eigenvalue weighted by Gasteiger charge is 2.22. The Bertz CT molecular complexity index is 3420. The largest absolute Gasteiger partial charge is 0.309 e. The number of nitrogens with zero attached hydrogens (tertiary/aromatic N) is 5. The zero-order valence-electron chi connectivity index (χ0n) is 29.5. The number of hydrogen-bond acceptors (Lipinski definition) is 2. The van der Waals surface area contributed by atoms with E-state index in [-0.39, 0.29) is 0 Å². The summed E-state index contributed by atoms with van der Waals surface area (Å²) < 4.78 is 6.88. The molecule has 0 aliphatic rings. The highest BCUT2D eigenvalue weighted by molar-refractivity contribution is 6.13. The molecule has 5 heteroatoms. The minimum atomic E-state index is 0.577. The van der Waals surface area contributed by atoms with Crippen LogP contribution in [0, 0.1) is 22.7 Å². The van der Waals surface area contributed by atoms with Crippen LogP contribution in [0.2, 0.25) is 0 Å². The molecule has 0 atom stereocenters. The first-order valence-corrected chi connectivity index (χ1v) is 18.3. The lowest BCUT2D eigenvalue weighted by atomic mass is 9.96. The summed E-state index contributed by atoms with van der Waals surface area (Å²) in [5.74, 6) is 0. The molecule has 3 aromatic heterocycles. The van der Waals surface area contributed by atoms with Crippen molar-refractivity contribution in [3.63, 3.8) is 0 Å². The van der Waals surface area contributed by atoms with E-state index in [9.17, 15) is 10.5 Å². The summed E-state index contributed by atoms with van der Waals surface area (Å²) in [6.07, 6.45) is 0. The van der Waals surface area contributed by atoms with Crippen molar-refractivity contribution >= 4 is 65.4 Å². The number of aromatic nitrogens is 3. The Hall–Kier alpha value is -7.86. The van der Waals surface area contributed by atoms with Crippen molar-refractivity contribution in [3.05, 3.63) is 187 Å². The van der Waals surface area contributed by atoms with Gasteiger partial charge in [0.05, 0.1) is 61.7 Å². The molecule has 5 nitrogen and oxygen atoms in total. The van der Waals surface area contributed by atoms with Gasteiger partial charge in [-0.3, -0.25) is 0 Å². The molecule has 0 bridgehead atoms. The van der Waals surface area contributed by atoms with Gasteiger partial charge in [-0.25, -0.2) is 0 Å². The van der Waals surface area contributed by atoms with E-state index in [0.717, 1.165) is 82.8 Å². The zero-order valence-corrected chi connectivity index (χ0v) is 29.5. The van der Waals surface area contributed by atoms with Crippen LogP contribution in [0.4, 0.5) is 0 Å². The molecule has 3 heterocycles. The monoisotopic (exact) mass is 699 g/mol. The van der Waals surface area contributed by atoms with Gasteiger partial charge in [0.15, 0.2) is 0 Å². The highest BCUT2D eigenvalue weighted by Crippen LogP contribution is 2.41. The van der Waals surface area contributed by atoms with Crippen LogP contribution in [0.15, 0.2) is 176 Å². The highest BCUT2D eigenvalue weighted by atomic mass is 15.0. The molecule has 0 unspecified atom stereocenters. The van der Waals surface area contributed by atoms with Crippen LogP contribution < -0.4 is 0 Å². The Morgan fingerprint density at radius 1 is 0.327 bits per heavy atom. The Morgan fingerprint density at radius 3 is 1.45 bits per heavy atom. The van der Waals surface area contributed by atoms with Crippen molar-refractivity contribution in [2.75, 3.05) is 0 Å². The third kappa shape index (κ3) is 4.39. The fourth-order valence-corrected chi connectivity index (χ4v) is 8.83. The van der Waals surface area contributed by atoms with Crippen molar-refractivity contribution in [3.8, 4) is 40.3 Å². The number of hydrogen-bond donors (Lipinski definition) is 0. The quantitative estimate of drug-likeness (QED) is 0.184. The van der Waals surface area contributed by atoms with Gasteiger partial charge in [0, 0.05) is 49.1 Å². The molecule has 0 saturated heterocycles. The summed E-state index contributed by atoms with van der Waals surface area (Å²) in [6.45, 7) is 0. The minimum absolute atomic E-state index is 0.577. The molecule has 0 saturated carbocycles. The average Bonchev–Trinajstić information content (AvgIpc) is 3.88. The third-order valence-electron chi connectivity index (χ3n) is 11.1. The lowest BCUT2D eigenvalue weighted by Gasteiger charge is -2.18. The van der Waals surface area contributed by atoms with E-state index in [1.54, 1.807) is 0 Å². The van der Waals surface area contributed by atoms with E-state index >= 15 is 0 Å². The summed E-state index contributed by atoms with van der Waals surface area (Å²) in [4.78, 5) is 0. The van der Waals surface area contributed by atoms with E-state index in [4.69, 9.17) is 0 Å². The maximum Gasteiger partial charge on any atom is 0.102 e. The first-order valence-electron chi connectivity index (χ1n) is 18.3. The van der Waals surface area contributed by atoms with E-state index in [1.807, 2.05) is 48.5 Å². The van der Waals surface area contributed by atoms with E-state index in [1.165, 1.54) is 10.8 Å². The fourth-order valence-electron chi connectivity index (χ4n) is 8.83. The summed E-state index contributed by atoms with van der Waals surface area (Å²) >= 11 is 0. The average molecular weight is 700 g/mol. The second kappa shape index (κ2) is 11.8. The molecule has 11 rings (SSSR count). The SMILES string of the molecule is N#Cc1ccc2c(c1)c1ccccc1n2-c1cccc(-c2ccccc2-n2c3ccccc3c3ccc(-n4c5ccccc5c5ccccc54)cc32)c1C#N. The normalized spacial score (nSPS) is 11.6. The third-order valence-corrected chi connectivity index (χ3v) is 11.1. The lowest BCUT2D eigenvalue weighted by Crippen LogP contribution is -2.02. The van der Waals surface area contributed by atoms with Gasteiger partial charge in [0.2, 0.25) is 0 Å². The molecule has 0 aliphatic heterocycles. The summed E-state index contributed by atoms with van der Waals surface area (Å²) in [6, 6.07) is 66.0. The van der Waals surface area contributed by atoms with Crippen LogP contribution in [0.25, 0.3) is 93.6 Å². The molecular formula is C50H29N5. The number of nitriles is 2. The van der Waals surface area contributed by atoms with Gasteiger partial charge in [-0.15, -0.1) is 0 Å². The van der Waals surface area contributed by atoms with E-state index in [0.29, 0.717) is 11.1 Å². The second-order valence-electron chi connectivity index (χ2n) is 13.9. The molecule has 0 radical (unpaired) electrons. The molecule has 0 fully saturated rings. The lowest BCUT2D eigenvalue weighted by molar-refractivity contribution is 1.15. The second-order valence-corrected chi connectivity index (χ2v) is 13.9.